The number of methoxy groups -OCH3 is 1. The zero-order valence-electron chi connectivity index (χ0n) is 17.1. The first-order chi connectivity index (χ1) is 15.1. The smallest absolute Gasteiger partial charge is 0.267 e. The molecule has 2 amide bonds. The molecule has 0 bridgehead atoms. The van der Waals surface area contributed by atoms with E-state index in [1.807, 2.05) is 36.4 Å². The van der Waals surface area contributed by atoms with Gasteiger partial charge in [0.2, 0.25) is 0 Å². The second-order valence-corrected chi connectivity index (χ2v) is 7.60. The Hall–Kier alpha value is -3.16. The van der Waals surface area contributed by atoms with Crippen LogP contribution in [0.2, 0.25) is 0 Å². The summed E-state index contributed by atoms with van der Waals surface area (Å²) in [5, 5.41) is 5.48. The van der Waals surface area contributed by atoms with E-state index in [0.717, 1.165) is 10.0 Å². The first kappa shape index (κ1) is 22.5. The van der Waals surface area contributed by atoms with Crippen molar-refractivity contribution >= 4 is 33.8 Å². The van der Waals surface area contributed by atoms with Crippen molar-refractivity contribution in [2.45, 2.75) is 6.42 Å². The lowest BCUT2D eigenvalue weighted by atomic mass is 10.2. The number of hydrogen-bond donors (Lipinski definition) is 2. The molecule has 0 aliphatic carbocycles. The average Bonchev–Trinajstić information content (AvgIpc) is 3.25. The van der Waals surface area contributed by atoms with Gasteiger partial charge in [-0.25, -0.2) is 0 Å². The molecule has 6 nitrogen and oxygen atoms in total. The number of benzene rings is 2. The second kappa shape index (κ2) is 11.3. The van der Waals surface area contributed by atoms with Crippen LogP contribution in [0.5, 0.6) is 0 Å². The van der Waals surface area contributed by atoms with Crippen molar-refractivity contribution in [3.63, 3.8) is 0 Å². The molecule has 1 aromatic heterocycles. The fourth-order valence-corrected chi connectivity index (χ4v) is 3.06. The third-order valence-corrected chi connectivity index (χ3v) is 4.91. The summed E-state index contributed by atoms with van der Waals surface area (Å²) in [6.07, 6.45) is 2.19. The minimum absolute atomic E-state index is 0.1000. The van der Waals surface area contributed by atoms with Crippen LogP contribution in [0.15, 0.2) is 81.3 Å². The predicted octanol–water partition coefficient (Wildman–Crippen LogP) is 4.63. The van der Waals surface area contributed by atoms with Crippen molar-refractivity contribution in [3.8, 4) is 11.3 Å². The lowest BCUT2D eigenvalue weighted by Crippen LogP contribution is -2.35. The van der Waals surface area contributed by atoms with E-state index in [-0.39, 0.29) is 11.6 Å². The molecule has 0 aliphatic rings. The summed E-state index contributed by atoms with van der Waals surface area (Å²) in [6.45, 7) is 0.956. The Balaban J connectivity index is 1.81. The molecule has 2 aromatic carbocycles. The second-order valence-electron chi connectivity index (χ2n) is 6.69. The van der Waals surface area contributed by atoms with Gasteiger partial charge in [0.1, 0.15) is 17.2 Å². The summed E-state index contributed by atoms with van der Waals surface area (Å²) >= 11 is 3.41. The maximum atomic E-state index is 12.7. The van der Waals surface area contributed by atoms with E-state index in [0.29, 0.717) is 36.7 Å². The highest BCUT2D eigenvalue weighted by atomic mass is 79.9. The number of carbonyl (C=O) groups excluding carboxylic acids is 2. The van der Waals surface area contributed by atoms with E-state index in [1.165, 1.54) is 6.08 Å². The van der Waals surface area contributed by atoms with Crippen LogP contribution in [0.4, 0.5) is 0 Å². The van der Waals surface area contributed by atoms with Crippen LogP contribution in [0.25, 0.3) is 17.4 Å². The molecule has 31 heavy (non-hydrogen) atoms. The summed E-state index contributed by atoms with van der Waals surface area (Å²) < 4.78 is 11.8. The zero-order chi connectivity index (χ0) is 22.1. The van der Waals surface area contributed by atoms with Crippen LogP contribution < -0.4 is 10.6 Å². The molecule has 3 rings (SSSR count). The van der Waals surface area contributed by atoms with E-state index < -0.39 is 5.91 Å². The van der Waals surface area contributed by atoms with Gasteiger partial charge in [0.25, 0.3) is 11.8 Å². The lowest BCUT2D eigenvalue weighted by Gasteiger charge is -2.10. The van der Waals surface area contributed by atoms with Crippen LogP contribution in [0.1, 0.15) is 22.5 Å². The van der Waals surface area contributed by atoms with Crippen molar-refractivity contribution in [3.05, 3.63) is 88.2 Å². The van der Waals surface area contributed by atoms with Gasteiger partial charge in [-0.15, -0.1) is 0 Å². The average molecular weight is 483 g/mol. The topological polar surface area (TPSA) is 80.6 Å². The molecule has 0 spiro atoms. The van der Waals surface area contributed by atoms with Crippen molar-refractivity contribution in [1.82, 2.24) is 10.6 Å². The van der Waals surface area contributed by atoms with Crippen molar-refractivity contribution in [2.75, 3.05) is 20.3 Å². The molecule has 7 heteroatoms. The minimum Gasteiger partial charge on any atom is -0.457 e. The van der Waals surface area contributed by atoms with Gasteiger partial charge in [0.05, 0.1) is 0 Å². The van der Waals surface area contributed by atoms with Crippen molar-refractivity contribution in [2.24, 2.45) is 0 Å². The molecule has 160 valence electrons. The summed E-state index contributed by atoms with van der Waals surface area (Å²) in [5.74, 6) is 0.335. The first-order valence-electron chi connectivity index (χ1n) is 9.78. The largest absolute Gasteiger partial charge is 0.457 e. The Labute approximate surface area is 189 Å². The number of nitrogens with one attached hydrogen (secondary N) is 2. The Morgan fingerprint density at radius 1 is 1.03 bits per heavy atom. The number of ether oxygens (including phenoxy) is 1. The summed E-state index contributed by atoms with van der Waals surface area (Å²) in [5.41, 5.74) is 1.46. The molecule has 1 heterocycles. The fraction of sp³-hybridized carbons (Fsp3) is 0.167. The minimum atomic E-state index is -0.401. The van der Waals surface area contributed by atoms with E-state index in [9.17, 15) is 9.59 Å². The number of halogens is 1. The van der Waals surface area contributed by atoms with Crippen LogP contribution in [0.3, 0.4) is 0 Å². The van der Waals surface area contributed by atoms with Gasteiger partial charge < -0.3 is 19.8 Å². The molecular weight excluding hydrogens is 460 g/mol. The van der Waals surface area contributed by atoms with Gasteiger partial charge in [0.15, 0.2) is 0 Å². The highest BCUT2D eigenvalue weighted by Crippen LogP contribution is 2.25. The van der Waals surface area contributed by atoms with Gasteiger partial charge >= 0.3 is 0 Å². The van der Waals surface area contributed by atoms with Gasteiger partial charge in [0, 0.05) is 41.9 Å². The SMILES string of the molecule is COCCCNC(=O)C(=Cc1ccc(-c2ccc(Br)cc2)o1)NC(=O)c1ccccc1. The maximum Gasteiger partial charge on any atom is 0.267 e. The van der Waals surface area contributed by atoms with E-state index in [4.69, 9.17) is 9.15 Å². The monoisotopic (exact) mass is 482 g/mol. The van der Waals surface area contributed by atoms with Crippen LogP contribution >= 0.6 is 15.9 Å². The Morgan fingerprint density at radius 2 is 1.77 bits per heavy atom. The number of rotatable bonds is 9. The Kier molecular flexibility index (Phi) is 8.20. The predicted molar refractivity (Wildman–Crippen MR) is 123 cm³/mol. The third-order valence-electron chi connectivity index (χ3n) is 4.38. The molecule has 0 unspecified atom stereocenters. The molecule has 0 saturated heterocycles. The van der Waals surface area contributed by atoms with Crippen LogP contribution in [-0.2, 0) is 9.53 Å². The molecule has 0 fully saturated rings. The van der Waals surface area contributed by atoms with Gasteiger partial charge in [-0.3, -0.25) is 9.59 Å². The summed E-state index contributed by atoms with van der Waals surface area (Å²) in [6, 6.07) is 20.0. The number of furan rings is 1. The molecule has 0 aliphatic heterocycles. The van der Waals surface area contributed by atoms with Gasteiger partial charge in [-0.05, 0) is 42.8 Å². The molecule has 3 aromatic rings. The summed E-state index contributed by atoms with van der Waals surface area (Å²) in [4.78, 5) is 25.3. The van der Waals surface area contributed by atoms with Gasteiger partial charge in [-0.2, -0.15) is 0 Å². The molecule has 2 N–H and O–H groups in total. The van der Waals surface area contributed by atoms with E-state index >= 15 is 0 Å². The first-order valence-corrected chi connectivity index (χ1v) is 10.6. The van der Waals surface area contributed by atoms with Crippen LogP contribution in [-0.4, -0.2) is 32.1 Å². The maximum absolute atomic E-state index is 12.7. The highest BCUT2D eigenvalue weighted by molar-refractivity contribution is 9.10. The summed E-state index contributed by atoms with van der Waals surface area (Å²) in [7, 11) is 1.60. The molecule has 0 radical (unpaired) electrons. The number of hydrogen-bond acceptors (Lipinski definition) is 4. The van der Waals surface area contributed by atoms with E-state index in [2.05, 4.69) is 26.6 Å². The standard InChI is InChI=1S/C24H23BrN2O4/c1-30-15-5-14-26-24(29)21(27-23(28)18-6-3-2-4-7-18)16-20-12-13-22(31-20)17-8-10-19(25)11-9-17/h2-4,6-13,16H,5,14-15H2,1H3,(H,26,29)(H,27,28). The van der Waals surface area contributed by atoms with E-state index in [1.54, 1.807) is 37.4 Å². The normalized spacial score (nSPS) is 11.2. The molecular formula is C24H23BrN2O4. The number of amides is 2. The molecule has 0 saturated carbocycles. The van der Waals surface area contributed by atoms with Gasteiger partial charge in [-0.1, -0.05) is 46.3 Å². The van der Waals surface area contributed by atoms with Crippen molar-refractivity contribution < 1.29 is 18.7 Å². The quantitative estimate of drug-likeness (QED) is 0.344. The van der Waals surface area contributed by atoms with Crippen LogP contribution in [0, 0.1) is 0 Å². The molecule has 0 atom stereocenters. The lowest BCUT2D eigenvalue weighted by molar-refractivity contribution is -0.117. The Bertz CT molecular complexity index is 1040. The third kappa shape index (κ3) is 6.67. The zero-order valence-corrected chi connectivity index (χ0v) is 18.6. The number of carbonyl (C=O) groups is 2. The highest BCUT2D eigenvalue weighted by Gasteiger charge is 2.15. The van der Waals surface area contributed by atoms with Crippen molar-refractivity contribution in [1.29, 1.82) is 0 Å². The Morgan fingerprint density at radius 3 is 2.48 bits per heavy atom. The fourth-order valence-electron chi connectivity index (χ4n) is 2.80.